The van der Waals surface area contributed by atoms with E-state index in [1.54, 1.807) is 0 Å². The van der Waals surface area contributed by atoms with Crippen molar-refractivity contribution in [2.45, 2.75) is 62.7 Å². The summed E-state index contributed by atoms with van der Waals surface area (Å²) in [5.74, 6) is 0. The smallest absolute Gasteiger partial charge is 0.113 e. The molecule has 4 atom stereocenters. The average molecular weight is 494 g/mol. The Morgan fingerprint density at radius 1 is 0.914 bits per heavy atom. The zero-order valence-corrected chi connectivity index (χ0v) is 20.6. The minimum absolute atomic E-state index is 0.636. The molecule has 3 aromatic carbocycles. The van der Waals surface area contributed by atoms with Gasteiger partial charge in [0.05, 0.1) is 5.60 Å². The third kappa shape index (κ3) is 4.97. The van der Waals surface area contributed by atoms with Gasteiger partial charge in [0.25, 0.3) is 0 Å². The van der Waals surface area contributed by atoms with Gasteiger partial charge in [-0.05, 0) is 66.6 Å². The van der Waals surface area contributed by atoms with Gasteiger partial charge in [-0.2, -0.15) is 0 Å². The zero-order chi connectivity index (χ0) is 24.6. The molecule has 5 nitrogen and oxygen atoms in total. The second kappa shape index (κ2) is 9.92. The molecule has 184 valence electrons. The maximum Gasteiger partial charge on any atom is 0.113 e. The summed E-state index contributed by atoms with van der Waals surface area (Å²) >= 11 is 6.54. The molecule has 2 aliphatic rings. The van der Waals surface area contributed by atoms with Gasteiger partial charge in [0, 0.05) is 23.8 Å². The molecule has 0 unspecified atom stereocenters. The van der Waals surface area contributed by atoms with Gasteiger partial charge < -0.3 is 25.0 Å². The zero-order valence-electron chi connectivity index (χ0n) is 19.8. The van der Waals surface area contributed by atoms with Crippen LogP contribution in [-0.4, -0.2) is 45.8 Å². The van der Waals surface area contributed by atoms with Gasteiger partial charge in [-0.15, -0.1) is 0 Å². The topological polar surface area (TPSA) is 73.2 Å². The molecule has 1 saturated carbocycles. The van der Waals surface area contributed by atoms with E-state index in [9.17, 15) is 15.3 Å². The number of nitrogens with zero attached hydrogens (tertiary/aromatic N) is 1. The summed E-state index contributed by atoms with van der Waals surface area (Å²) in [6, 6.07) is 24.6. The molecular weight excluding hydrogens is 462 g/mol. The molecule has 0 aromatic heterocycles. The van der Waals surface area contributed by atoms with Gasteiger partial charge in [0.1, 0.15) is 24.4 Å². The van der Waals surface area contributed by atoms with E-state index in [4.69, 9.17) is 16.3 Å². The van der Waals surface area contributed by atoms with E-state index >= 15 is 0 Å². The van der Waals surface area contributed by atoms with Crippen LogP contribution in [0.25, 0.3) is 0 Å². The summed E-state index contributed by atoms with van der Waals surface area (Å²) in [7, 11) is 0. The Bertz CT molecular complexity index is 1150. The van der Waals surface area contributed by atoms with Crippen molar-refractivity contribution in [3.8, 4) is 0 Å². The SMILES string of the molecule is CCN(Cc1ccccc1)c1ccc(Cc2cc([C@@H]3OC4(CC4)[C@@H](O)[C@H](O)[C@H]3O)ccc2Cl)cc1. The first kappa shape index (κ1) is 24.3. The number of aliphatic hydroxyl groups is 3. The molecule has 0 radical (unpaired) electrons. The molecule has 1 saturated heterocycles. The van der Waals surface area contributed by atoms with Crippen LogP contribution >= 0.6 is 11.6 Å². The maximum atomic E-state index is 10.6. The highest BCUT2D eigenvalue weighted by molar-refractivity contribution is 6.31. The lowest BCUT2D eigenvalue weighted by molar-refractivity contribution is -0.236. The summed E-state index contributed by atoms with van der Waals surface area (Å²) < 4.78 is 6.11. The van der Waals surface area contributed by atoms with Crippen molar-refractivity contribution in [3.63, 3.8) is 0 Å². The second-order valence-electron chi connectivity index (χ2n) is 9.72. The molecule has 6 heteroatoms. The van der Waals surface area contributed by atoms with E-state index in [0.717, 1.165) is 29.8 Å². The van der Waals surface area contributed by atoms with Crippen LogP contribution in [-0.2, 0) is 17.7 Å². The molecule has 2 fully saturated rings. The molecule has 1 aliphatic heterocycles. The van der Waals surface area contributed by atoms with E-state index < -0.39 is 30.0 Å². The van der Waals surface area contributed by atoms with Crippen molar-refractivity contribution in [1.82, 2.24) is 0 Å². The summed E-state index contributed by atoms with van der Waals surface area (Å²) in [5, 5.41) is 31.9. The Kier molecular flexibility index (Phi) is 6.88. The summed E-state index contributed by atoms with van der Waals surface area (Å²) in [4.78, 5) is 2.34. The van der Waals surface area contributed by atoms with Crippen LogP contribution in [0.4, 0.5) is 5.69 Å². The van der Waals surface area contributed by atoms with Crippen molar-refractivity contribution in [2.24, 2.45) is 0 Å². The average Bonchev–Trinajstić information content (AvgIpc) is 3.67. The van der Waals surface area contributed by atoms with Gasteiger partial charge in [-0.25, -0.2) is 0 Å². The first-order valence-corrected chi connectivity index (χ1v) is 12.7. The van der Waals surface area contributed by atoms with E-state index in [2.05, 4.69) is 60.4 Å². The molecule has 5 rings (SSSR count). The van der Waals surface area contributed by atoms with Gasteiger partial charge in [0.15, 0.2) is 0 Å². The highest BCUT2D eigenvalue weighted by Gasteiger charge is 2.60. The molecule has 1 aliphatic carbocycles. The fourth-order valence-corrected chi connectivity index (χ4v) is 5.20. The monoisotopic (exact) mass is 493 g/mol. The molecule has 1 heterocycles. The summed E-state index contributed by atoms with van der Waals surface area (Å²) in [5.41, 5.74) is 4.51. The molecule has 0 bridgehead atoms. The van der Waals surface area contributed by atoms with E-state index in [-0.39, 0.29) is 0 Å². The number of halogens is 1. The number of rotatable bonds is 7. The van der Waals surface area contributed by atoms with Crippen LogP contribution < -0.4 is 4.90 Å². The first-order chi connectivity index (χ1) is 16.9. The lowest BCUT2D eigenvalue weighted by Crippen LogP contribution is -2.55. The maximum absolute atomic E-state index is 10.6. The summed E-state index contributed by atoms with van der Waals surface area (Å²) in [6.45, 7) is 3.93. The van der Waals surface area contributed by atoms with Crippen LogP contribution in [0, 0.1) is 0 Å². The second-order valence-corrected chi connectivity index (χ2v) is 10.1. The lowest BCUT2D eigenvalue weighted by Gasteiger charge is -2.41. The van der Waals surface area contributed by atoms with Gasteiger partial charge in [0.2, 0.25) is 0 Å². The predicted octanol–water partition coefficient (Wildman–Crippen LogP) is 4.64. The third-order valence-corrected chi connectivity index (χ3v) is 7.69. The van der Waals surface area contributed by atoms with Crippen molar-refractivity contribution >= 4 is 17.3 Å². The standard InChI is InChI=1S/C29H32ClNO4/c1-2-31(18-20-6-4-3-5-7-20)23-11-8-19(9-12-23)16-22-17-21(10-13-24(22)30)27-25(32)26(33)28(34)29(35-27)14-15-29/h3-13,17,25-28,32-34H,2,14-16,18H2,1H3/t25-,26-,27+,28+/m1/s1. The van der Waals surface area contributed by atoms with E-state index in [0.29, 0.717) is 24.3 Å². The van der Waals surface area contributed by atoms with Crippen molar-refractivity contribution in [1.29, 1.82) is 0 Å². The van der Waals surface area contributed by atoms with Crippen LogP contribution in [0.3, 0.4) is 0 Å². The number of anilines is 1. The van der Waals surface area contributed by atoms with E-state index in [1.807, 2.05) is 24.3 Å². The van der Waals surface area contributed by atoms with Crippen molar-refractivity contribution in [2.75, 3.05) is 11.4 Å². The number of hydrogen-bond donors (Lipinski definition) is 3. The molecule has 3 N–H and O–H groups in total. The lowest BCUT2D eigenvalue weighted by atomic mass is 9.89. The molecule has 35 heavy (non-hydrogen) atoms. The van der Waals surface area contributed by atoms with Crippen LogP contribution in [0.5, 0.6) is 0 Å². The van der Waals surface area contributed by atoms with Gasteiger partial charge in [-0.3, -0.25) is 0 Å². The highest BCUT2D eigenvalue weighted by Crippen LogP contribution is 2.51. The minimum Gasteiger partial charge on any atom is -0.387 e. The fraction of sp³-hybridized carbons (Fsp3) is 0.379. The number of hydrogen-bond acceptors (Lipinski definition) is 5. The highest BCUT2D eigenvalue weighted by atomic mass is 35.5. The largest absolute Gasteiger partial charge is 0.387 e. The fourth-order valence-electron chi connectivity index (χ4n) is 5.01. The number of aliphatic hydroxyl groups excluding tert-OH is 3. The quantitative estimate of drug-likeness (QED) is 0.447. The van der Waals surface area contributed by atoms with Crippen LogP contribution in [0.15, 0.2) is 72.8 Å². The minimum atomic E-state index is -1.24. The first-order valence-electron chi connectivity index (χ1n) is 12.3. The van der Waals surface area contributed by atoms with Crippen LogP contribution in [0.2, 0.25) is 5.02 Å². The Morgan fingerprint density at radius 3 is 2.29 bits per heavy atom. The van der Waals surface area contributed by atoms with E-state index in [1.165, 1.54) is 11.3 Å². The Morgan fingerprint density at radius 2 is 1.63 bits per heavy atom. The third-order valence-electron chi connectivity index (χ3n) is 7.32. The normalized spacial score (nSPS) is 24.9. The number of benzene rings is 3. The Hall–Kier alpha value is -2.41. The molecular formula is C29H32ClNO4. The van der Waals surface area contributed by atoms with Crippen LogP contribution in [0.1, 0.15) is 48.1 Å². The molecule has 0 amide bonds. The van der Waals surface area contributed by atoms with Crippen molar-refractivity contribution < 1.29 is 20.1 Å². The molecule has 3 aromatic rings. The van der Waals surface area contributed by atoms with Gasteiger partial charge in [-0.1, -0.05) is 66.2 Å². The number of ether oxygens (including phenoxy) is 1. The van der Waals surface area contributed by atoms with Gasteiger partial charge >= 0.3 is 0 Å². The van der Waals surface area contributed by atoms with Crippen molar-refractivity contribution in [3.05, 3.63) is 100 Å². The predicted molar refractivity (Wildman–Crippen MR) is 138 cm³/mol. The Balaban J connectivity index is 1.32. The molecule has 1 spiro atoms. The Labute approximate surface area is 211 Å². The summed E-state index contributed by atoms with van der Waals surface area (Å²) in [6.07, 6.45) is -2.21.